The summed E-state index contributed by atoms with van der Waals surface area (Å²) >= 11 is 1.78. The monoisotopic (exact) mass is 253 g/mol. The maximum Gasteiger partial charge on any atom is 0.0797 e. The van der Waals surface area contributed by atoms with Crippen molar-refractivity contribution in [2.24, 2.45) is 5.73 Å². The Morgan fingerprint density at radius 1 is 1.41 bits per heavy atom. The third-order valence-corrected chi connectivity index (χ3v) is 4.90. The lowest BCUT2D eigenvalue weighted by Gasteiger charge is -2.33. The molecular weight excluding hydrogens is 230 g/mol. The molecule has 17 heavy (non-hydrogen) atoms. The highest BCUT2D eigenvalue weighted by atomic mass is 32.1. The Kier molecular flexibility index (Phi) is 4.54. The number of hydrogen-bond donors (Lipinski definition) is 1. The Labute approximate surface area is 108 Å². The van der Waals surface area contributed by atoms with Crippen LogP contribution >= 0.6 is 11.3 Å². The molecule has 1 aliphatic rings. The predicted octanol–water partition coefficient (Wildman–Crippen LogP) is 2.20. The summed E-state index contributed by atoms with van der Waals surface area (Å²) < 4.78 is 0. The van der Waals surface area contributed by atoms with E-state index >= 15 is 0 Å². The highest BCUT2D eigenvalue weighted by Crippen LogP contribution is 2.22. The molecule has 0 aromatic carbocycles. The molecule has 0 saturated heterocycles. The van der Waals surface area contributed by atoms with Gasteiger partial charge in [0.1, 0.15) is 0 Å². The van der Waals surface area contributed by atoms with Gasteiger partial charge in [-0.05, 0) is 46.1 Å². The zero-order valence-corrected chi connectivity index (χ0v) is 11.7. The second-order valence-electron chi connectivity index (χ2n) is 5.16. The summed E-state index contributed by atoms with van der Waals surface area (Å²) in [4.78, 5) is 8.24. The molecule has 0 spiro atoms. The summed E-state index contributed by atoms with van der Waals surface area (Å²) in [5.41, 5.74) is 9.09. The van der Waals surface area contributed by atoms with Gasteiger partial charge in [-0.2, -0.15) is 0 Å². The summed E-state index contributed by atoms with van der Waals surface area (Å²) in [5.74, 6) is 0. The van der Waals surface area contributed by atoms with E-state index in [-0.39, 0.29) is 0 Å². The molecule has 2 N–H and O–H groups in total. The van der Waals surface area contributed by atoms with E-state index in [1.165, 1.54) is 36.3 Å². The van der Waals surface area contributed by atoms with Gasteiger partial charge in [0.25, 0.3) is 0 Å². The topological polar surface area (TPSA) is 42.2 Å². The van der Waals surface area contributed by atoms with Crippen LogP contribution in [-0.4, -0.2) is 35.6 Å². The molecule has 0 unspecified atom stereocenters. The highest BCUT2D eigenvalue weighted by Gasteiger charge is 2.21. The normalized spacial score (nSPS) is 25.4. The molecule has 1 aromatic rings. The smallest absolute Gasteiger partial charge is 0.0797 e. The van der Waals surface area contributed by atoms with Gasteiger partial charge in [-0.3, -0.25) is 0 Å². The number of nitrogens with two attached hydrogens (primary N) is 1. The lowest BCUT2D eigenvalue weighted by atomic mass is 9.91. The van der Waals surface area contributed by atoms with Gasteiger partial charge in [0.05, 0.1) is 11.2 Å². The molecular formula is C13H23N3S. The van der Waals surface area contributed by atoms with Gasteiger partial charge >= 0.3 is 0 Å². The predicted molar refractivity (Wildman–Crippen MR) is 73.4 cm³/mol. The van der Waals surface area contributed by atoms with Crippen molar-refractivity contribution in [2.75, 3.05) is 13.6 Å². The van der Waals surface area contributed by atoms with Gasteiger partial charge in [-0.1, -0.05) is 0 Å². The van der Waals surface area contributed by atoms with Crippen molar-refractivity contribution in [3.05, 3.63) is 16.1 Å². The minimum atomic E-state index is 0.448. The van der Waals surface area contributed by atoms with Crippen molar-refractivity contribution in [2.45, 2.75) is 51.1 Å². The fraction of sp³-hybridized carbons (Fsp3) is 0.769. The largest absolute Gasteiger partial charge is 0.328 e. The number of rotatable bonds is 4. The van der Waals surface area contributed by atoms with Crippen LogP contribution in [0.1, 0.15) is 36.3 Å². The summed E-state index contributed by atoms with van der Waals surface area (Å²) in [6, 6.07) is 1.19. The summed E-state index contributed by atoms with van der Waals surface area (Å²) in [5, 5.41) is 0. The molecule has 4 heteroatoms. The molecule has 0 aliphatic heterocycles. The summed E-state index contributed by atoms with van der Waals surface area (Å²) in [6.07, 6.45) is 6.04. The molecule has 1 saturated carbocycles. The number of nitrogens with zero attached hydrogens (tertiary/aromatic N) is 2. The molecule has 3 nitrogen and oxygen atoms in total. The zero-order chi connectivity index (χ0) is 12.3. The van der Waals surface area contributed by atoms with Crippen LogP contribution in [0.3, 0.4) is 0 Å². The van der Waals surface area contributed by atoms with Crippen LogP contribution in [0.15, 0.2) is 5.51 Å². The average Bonchev–Trinajstić information content (AvgIpc) is 2.73. The van der Waals surface area contributed by atoms with Crippen molar-refractivity contribution in [1.29, 1.82) is 0 Å². The van der Waals surface area contributed by atoms with Crippen LogP contribution in [0, 0.1) is 6.92 Å². The first-order chi connectivity index (χ1) is 8.16. The van der Waals surface area contributed by atoms with Crippen LogP contribution in [0.2, 0.25) is 0 Å². The lowest BCUT2D eigenvalue weighted by molar-refractivity contribution is 0.185. The number of thiazole rings is 1. The number of hydrogen-bond acceptors (Lipinski definition) is 4. The van der Waals surface area contributed by atoms with E-state index in [1.54, 1.807) is 11.3 Å². The van der Waals surface area contributed by atoms with Crippen molar-refractivity contribution in [1.82, 2.24) is 9.88 Å². The minimum absolute atomic E-state index is 0.448. The molecule has 2 rings (SSSR count). The molecule has 1 aromatic heterocycles. The first-order valence-electron chi connectivity index (χ1n) is 6.51. The maximum absolute atomic E-state index is 5.94. The first kappa shape index (κ1) is 13.0. The Hall–Kier alpha value is -0.450. The minimum Gasteiger partial charge on any atom is -0.328 e. The molecule has 0 bridgehead atoms. The van der Waals surface area contributed by atoms with E-state index in [9.17, 15) is 0 Å². The van der Waals surface area contributed by atoms with Gasteiger partial charge in [0.15, 0.2) is 0 Å². The van der Waals surface area contributed by atoms with Crippen molar-refractivity contribution < 1.29 is 0 Å². The number of aromatic nitrogens is 1. The van der Waals surface area contributed by atoms with E-state index in [0.29, 0.717) is 6.04 Å². The first-order valence-corrected chi connectivity index (χ1v) is 7.39. The lowest BCUT2D eigenvalue weighted by Crippen LogP contribution is -2.39. The van der Waals surface area contributed by atoms with Gasteiger partial charge < -0.3 is 10.6 Å². The Morgan fingerprint density at radius 2 is 2.12 bits per heavy atom. The SMILES string of the molecule is Cc1ncsc1CCN(C)C1CCC(N)CC1. The summed E-state index contributed by atoms with van der Waals surface area (Å²) in [7, 11) is 2.25. The molecule has 1 fully saturated rings. The second-order valence-corrected chi connectivity index (χ2v) is 6.10. The van der Waals surface area contributed by atoms with Crippen LogP contribution in [0.4, 0.5) is 0 Å². The van der Waals surface area contributed by atoms with Gasteiger partial charge in [0, 0.05) is 23.5 Å². The van der Waals surface area contributed by atoms with E-state index in [0.717, 1.165) is 19.0 Å². The standard InChI is InChI=1S/C13H23N3S/c1-10-13(17-9-15-10)7-8-16(2)12-5-3-11(14)4-6-12/h9,11-12H,3-8,14H2,1-2H3. The number of aryl methyl sites for hydroxylation is 1. The number of likely N-dealkylation sites (N-methyl/N-ethyl adjacent to an activating group) is 1. The fourth-order valence-electron chi connectivity index (χ4n) is 2.57. The van der Waals surface area contributed by atoms with E-state index in [1.807, 2.05) is 5.51 Å². The summed E-state index contributed by atoms with van der Waals surface area (Å²) in [6.45, 7) is 3.24. The quantitative estimate of drug-likeness (QED) is 0.894. The third-order valence-electron chi connectivity index (χ3n) is 3.90. The van der Waals surface area contributed by atoms with Gasteiger partial charge in [-0.15, -0.1) is 11.3 Å². The molecule has 1 aliphatic carbocycles. The van der Waals surface area contributed by atoms with E-state index in [2.05, 4.69) is 23.9 Å². The molecule has 0 atom stereocenters. The maximum atomic E-state index is 5.94. The molecule has 0 radical (unpaired) electrons. The zero-order valence-electron chi connectivity index (χ0n) is 10.9. The highest BCUT2D eigenvalue weighted by molar-refractivity contribution is 7.09. The molecule has 1 heterocycles. The molecule has 0 amide bonds. The van der Waals surface area contributed by atoms with Crippen LogP contribution in [0.25, 0.3) is 0 Å². The van der Waals surface area contributed by atoms with Crippen molar-refractivity contribution in [3.63, 3.8) is 0 Å². The molecule has 96 valence electrons. The van der Waals surface area contributed by atoms with Crippen LogP contribution < -0.4 is 5.73 Å². The van der Waals surface area contributed by atoms with Gasteiger partial charge in [0.2, 0.25) is 0 Å². The van der Waals surface area contributed by atoms with Crippen LogP contribution in [-0.2, 0) is 6.42 Å². The van der Waals surface area contributed by atoms with E-state index in [4.69, 9.17) is 5.73 Å². The average molecular weight is 253 g/mol. The van der Waals surface area contributed by atoms with Crippen molar-refractivity contribution >= 4 is 11.3 Å². The van der Waals surface area contributed by atoms with Crippen LogP contribution in [0.5, 0.6) is 0 Å². The Bertz CT molecular complexity index is 342. The third kappa shape index (κ3) is 3.50. The van der Waals surface area contributed by atoms with Crippen molar-refractivity contribution in [3.8, 4) is 0 Å². The van der Waals surface area contributed by atoms with Gasteiger partial charge in [-0.25, -0.2) is 4.98 Å². The fourth-order valence-corrected chi connectivity index (χ4v) is 3.34. The Morgan fingerprint density at radius 3 is 2.71 bits per heavy atom. The second kappa shape index (κ2) is 5.94. The Balaban J connectivity index is 1.77. The van der Waals surface area contributed by atoms with E-state index < -0.39 is 0 Å².